The van der Waals surface area contributed by atoms with Crippen molar-refractivity contribution in [3.63, 3.8) is 0 Å². The molecule has 1 aromatic carbocycles. The van der Waals surface area contributed by atoms with Crippen LogP contribution in [0.4, 0.5) is 15.6 Å². The first-order valence-corrected chi connectivity index (χ1v) is 11.6. The number of fused-ring (bicyclic) bond motifs is 1. The predicted octanol–water partition coefficient (Wildman–Crippen LogP) is 2.66. The van der Waals surface area contributed by atoms with E-state index in [1.165, 1.54) is 11.3 Å². The first kappa shape index (κ1) is 21.4. The van der Waals surface area contributed by atoms with E-state index in [9.17, 15) is 14.4 Å². The summed E-state index contributed by atoms with van der Waals surface area (Å²) in [7, 11) is 0. The van der Waals surface area contributed by atoms with Crippen LogP contribution in [0.25, 0.3) is 0 Å². The van der Waals surface area contributed by atoms with Gasteiger partial charge in [0.15, 0.2) is 15.8 Å². The molecular formula is C19H21N5O5S2. The monoisotopic (exact) mass is 463 g/mol. The zero-order valence-electron chi connectivity index (χ0n) is 16.8. The van der Waals surface area contributed by atoms with E-state index in [2.05, 4.69) is 20.8 Å². The molecule has 1 aromatic heterocycles. The number of urea groups is 1. The number of anilines is 2. The lowest BCUT2D eigenvalue weighted by Crippen LogP contribution is -2.35. The second kappa shape index (κ2) is 9.52. The zero-order valence-corrected chi connectivity index (χ0v) is 18.4. The molecule has 1 saturated carbocycles. The fraction of sp³-hybridized carbons (Fsp3) is 0.421. The van der Waals surface area contributed by atoms with Gasteiger partial charge in [0.25, 0.3) is 0 Å². The summed E-state index contributed by atoms with van der Waals surface area (Å²) in [6.45, 7) is 2.74. The molecule has 2 N–H and O–H groups in total. The molecule has 31 heavy (non-hydrogen) atoms. The number of carbonyl (C=O) groups is 3. The molecule has 2 aromatic rings. The first-order valence-electron chi connectivity index (χ1n) is 9.82. The van der Waals surface area contributed by atoms with Gasteiger partial charge < -0.3 is 14.8 Å². The van der Waals surface area contributed by atoms with Crippen molar-refractivity contribution in [3.05, 3.63) is 18.2 Å². The van der Waals surface area contributed by atoms with Crippen LogP contribution >= 0.6 is 23.1 Å². The van der Waals surface area contributed by atoms with E-state index in [0.29, 0.717) is 46.3 Å². The lowest BCUT2D eigenvalue weighted by atomic mass is 10.2. The number of thioether (sulfide) groups is 1. The Morgan fingerprint density at radius 2 is 1.97 bits per heavy atom. The van der Waals surface area contributed by atoms with Crippen molar-refractivity contribution < 1.29 is 23.9 Å². The van der Waals surface area contributed by atoms with Crippen molar-refractivity contribution in [3.8, 4) is 11.5 Å². The topological polar surface area (TPSA) is 123 Å². The Kier molecular flexibility index (Phi) is 6.56. The van der Waals surface area contributed by atoms with Crippen molar-refractivity contribution in [1.82, 2.24) is 15.5 Å². The number of hydrogen-bond acceptors (Lipinski definition) is 9. The van der Waals surface area contributed by atoms with Gasteiger partial charge >= 0.3 is 6.03 Å². The second-order valence-corrected chi connectivity index (χ2v) is 9.03. The summed E-state index contributed by atoms with van der Waals surface area (Å²) >= 11 is 2.43. The quantitative estimate of drug-likeness (QED) is 0.475. The first-order chi connectivity index (χ1) is 15.0. The minimum Gasteiger partial charge on any atom is -0.486 e. The Balaban J connectivity index is 1.26. The lowest BCUT2D eigenvalue weighted by molar-refractivity contribution is -0.118. The molecule has 1 aliphatic heterocycles. The molecule has 0 saturated heterocycles. The van der Waals surface area contributed by atoms with E-state index in [1.54, 1.807) is 23.1 Å². The molecule has 4 rings (SSSR count). The highest BCUT2D eigenvalue weighted by molar-refractivity contribution is 8.01. The van der Waals surface area contributed by atoms with Crippen molar-refractivity contribution >= 4 is 51.8 Å². The van der Waals surface area contributed by atoms with Crippen molar-refractivity contribution in [1.29, 1.82) is 0 Å². The minimum atomic E-state index is -0.645. The van der Waals surface area contributed by atoms with Crippen LogP contribution in [0.1, 0.15) is 26.2 Å². The van der Waals surface area contributed by atoms with Crippen LogP contribution in [0.2, 0.25) is 0 Å². The van der Waals surface area contributed by atoms with Gasteiger partial charge in [-0.2, -0.15) is 0 Å². The third-order valence-electron chi connectivity index (χ3n) is 4.46. The van der Waals surface area contributed by atoms with Crippen LogP contribution in [0.5, 0.6) is 11.5 Å². The maximum Gasteiger partial charge on any atom is 0.325 e. The van der Waals surface area contributed by atoms with E-state index in [-0.39, 0.29) is 17.7 Å². The van der Waals surface area contributed by atoms with Crippen LogP contribution in [0.15, 0.2) is 22.5 Å². The van der Waals surface area contributed by atoms with Crippen LogP contribution in [-0.2, 0) is 9.59 Å². The van der Waals surface area contributed by atoms with Gasteiger partial charge in [-0.3, -0.25) is 19.8 Å². The highest BCUT2D eigenvalue weighted by Crippen LogP contribution is 2.36. The Morgan fingerprint density at radius 3 is 2.71 bits per heavy atom. The fourth-order valence-electron chi connectivity index (χ4n) is 2.90. The van der Waals surface area contributed by atoms with E-state index >= 15 is 0 Å². The molecule has 2 aliphatic rings. The van der Waals surface area contributed by atoms with Gasteiger partial charge in [-0.15, -0.1) is 10.2 Å². The molecule has 12 heteroatoms. The number of benzene rings is 1. The van der Waals surface area contributed by atoms with Crippen molar-refractivity contribution in [2.75, 3.05) is 29.2 Å². The highest BCUT2D eigenvalue weighted by Gasteiger charge is 2.35. The molecule has 4 amide bonds. The third kappa shape index (κ3) is 5.44. The standard InChI is InChI=1S/C19H21N5O5S2/c1-2-16(26)24(12-4-5-12)18-22-23-19(31-18)30-10-15(25)21-17(27)20-11-3-6-13-14(9-11)29-8-7-28-13/h3,6,9,12H,2,4-5,7-8,10H2,1H3,(H2,20,21,25,27). The van der Waals surface area contributed by atoms with Gasteiger partial charge in [-0.05, 0) is 25.0 Å². The van der Waals surface area contributed by atoms with E-state index in [0.717, 1.165) is 24.6 Å². The molecule has 2 heterocycles. The third-order valence-corrected chi connectivity index (χ3v) is 6.52. The van der Waals surface area contributed by atoms with Gasteiger partial charge in [-0.1, -0.05) is 30.0 Å². The second-order valence-electron chi connectivity index (χ2n) is 6.85. The lowest BCUT2D eigenvalue weighted by Gasteiger charge is -2.19. The van der Waals surface area contributed by atoms with Gasteiger partial charge in [0.2, 0.25) is 16.9 Å². The predicted molar refractivity (Wildman–Crippen MR) is 116 cm³/mol. The van der Waals surface area contributed by atoms with Crippen molar-refractivity contribution in [2.24, 2.45) is 0 Å². The number of aromatic nitrogens is 2. The number of ether oxygens (including phenoxy) is 2. The summed E-state index contributed by atoms with van der Waals surface area (Å²) in [5, 5.41) is 13.6. The Hall–Kier alpha value is -2.86. The van der Waals surface area contributed by atoms with Gasteiger partial charge in [0, 0.05) is 24.2 Å². The Morgan fingerprint density at radius 1 is 1.19 bits per heavy atom. The van der Waals surface area contributed by atoms with Crippen LogP contribution in [0, 0.1) is 0 Å². The molecule has 0 radical (unpaired) electrons. The highest BCUT2D eigenvalue weighted by atomic mass is 32.2. The number of nitrogens with zero attached hydrogens (tertiary/aromatic N) is 3. The van der Waals surface area contributed by atoms with E-state index in [1.807, 2.05) is 6.92 Å². The van der Waals surface area contributed by atoms with Gasteiger partial charge in [0.1, 0.15) is 13.2 Å². The molecule has 1 aliphatic carbocycles. The Bertz CT molecular complexity index is 994. The number of rotatable bonds is 7. The maximum absolute atomic E-state index is 12.2. The zero-order chi connectivity index (χ0) is 21.8. The van der Waals surface area contributed by atoms with E-state index in [4.69, 9.17) is 9.47 Å². The molecule has 0 spiro atoms. The average molecular weight is 464 g/mol. The summed E-state index contributed by atoms with van der Waals surface area (Å²) in [5.74, 6) is 0.694. The number of imide groups is 1. The smallest absolute Gasteiger partial charge is 0.325 e. The summed E-state index contributed by atoms with van der Waals surface area (Å²) in [5.41, 5.74) is 0.483. The maximum atomic E-state index is 12.2. The summed E-state index contributed by atoms with van der Waals surface area (Å²) in [6.07, 6.45) is 2.34. The SMILES string of the molecule is CCC(=O)N(c1nnc(SCC(=O)NC(=O)Nc2ccc3c(c2)OCCO3)s1)C1CC1. The van der Waals surface area contributed by atoms with Gasteiger partial charge in [0.05, 0.1) is 5.75 Å². The molecule has 10 nitrogen and oxygen atoms in total. The minimum absolute atomic E-state index is 0.00561. The normalized spacial score (nSPS) is 14.6. The average Bonchev–Trinajstić information content (AvgIpc) is 3.49. The fourth-order valence-corrected chi connectivity index (χ4v) is 4.63. The molecule has 0 atom stereocenters. The molecule has 1 fully saturated rings. The number of carbonyl (C=O) groups excluding carboxylic acids is 3. The largest absolute Gasteiger partial charge is 0.486 e. The summed E-state index contributed by atoms with van der Waals surface area (Å²) in [6, 6.07) is 4.56. The van der Waals surface area contributed by atoms with Crippen LogP contribution in [0.3, 0.4) is 0 Å². The number of amides is 4. The van der Waals surface area contributed by atoms with Gasteiger partial charge in [-0.25, -0.2) is 4.79 Å². The summed E-state index contributed by atoms with van der Waals surface area (Å²) in [4.78, 5) is 38.1. The summed E-state index contributed by atoms with van der Waals surface area (Å²) < 4.78 is 11.5. The van der Waals surface area contributed by atoms with Crippen LogP contribution in [-0.4, -0.2) is 53.1 Å². The molecule has 0 unspecified atom stereocenters. The molecule has 0 bridgehead atoms. The van der Waals surface area contributed by atoms with E-state index < -0.39 is 11.9 Å². The van der Waals surface area contributed by atoms with Crippen LogP contribution < -0.4 is 25.0 Å². The Labute approximate surface area is 186 Å². The number of nitrogens with one attached hydrogen (secondary N) is 2. The molecule has 164 valence electrons. The number of hydrogen-bond donors (Lipinski definition) is 2. The van der Waals surface area contributed by atoms with Crippen molar-refractivity contribution in [2.45, 2.75) is 36.6 Å². The molecular weight excluding hydrogens is 442 g/mol.